The molecule has 0 aliphatic carbocycles. The van der Waals surface area contributed by atoms with Gasteiger partial charge in [0.1, 0.15) is 0 Å². The Kier molecular flexibility index (Phi) is 2.07. The highest BCUT2D eigenvalue weighted by molar-refractivity contribution is 5.56. The Morgan fingerprint density at radius 1 is 1.30 bits per heavy atom. The molecule has 0 saturated carbocycles. The Bertz CT molecular complexity index is 216. The highest BCUT2D eigenvalue weighted by Gasteiger charge is 1.95. The van der Waals surface area contributed by atoms with Crippen molar-refractivity contribution in [3.8, 4) is 0 Å². The third-order valence-corrected chi connectivity index (χ3v) is 1.21. The Balaban J connectivity index is 2.85. The lowest BCUT2D eigenvalue weighted by atomic mass is 10.2. The van der Waals surface area contributed by atoms with Gasteiger partial charge in [-0.1, -0.05) is 36.9 Å². The van der Waals surface area contributed by atoms with Crippen LogP contribution in [0.4, 0.5) is 0 Å². The SMILES string of the molecule is C=C(OO)c1ccccc1. The van der Waals surface area contributed by atoms with Crippen molar-refractivity contribution < 1.29 is 10.1 Å². The average molecular weight is 136 g/mol. The van der Waals surface area contributed by atoms with Gasteiger partial charge in [-0.25, -0.2) is 5.26 Å². The summed E-state index contributed by atoms with van der Waals surface area (Å²) in [7, 11) is 0. The van der Waals surface area contributed by atoms with Crippen molar-refractivity contribution in [2.75, 3.05) is 0 Å². The molecule has 0 spiro atoms. The molecule has 1 N–H and O–H groups in total. The van der Waals surface area contributed by atoms with E-state index in [0.717, 1.165) is 5.56 Å². The highest BCUT2D eigenvalue weighted by Crippen LogP contribution is 2.10. The fourth-order valence-corrected chi connectivity index (χ4v) is 0.677. The summed E-state index contributed by atoms with van der Waals surface area (Å²) >= 11 is 0. The van der Waals surface area contributed by atoms with Crippen molar-refractivity contribution in [3.05, 3.63) is 42.5 Å². The standard InChI is InChI=1S/C8H8O2/c1-7(10-9)8-5-3-2-4-6-8/h2-6,9H,1H2. The van der Waals surface area contributed by atoms with Crippen LogP contribution in [0.15, 0.2) is 36.9 Å². The van der Waals surface area contributed by atoms with Gasteiger partial charge >= 0.3 is 0 Å². The van der Waals surface area contributed by atoms with Crippen LogP contribution in [-0.4, -0.2) is 5.26 Å². The third kappa shape index (κ3) is 1.36. The fraction of sp³-hybridized carbons (Fsp3) is 0. The normalized spacial score (nSPS) is 8.90. The second kappa shape index (κ2) is 3.03. The molecule has 2 nitrogen and oxygen atoms in total. The van der Waals surface area contributed by atoms with E-state index in [9.17, 15) is 0 Å². The van der Waals surface area contributed by atoms with Gasteiger partial charge in [-0.2, -0.15) is 0 Å². The predicted molar refractivity (Wildman–Crippen MR) is 39.2 cm³/mol. The predicted octanol–water partition coefficient (Wildman–Crippen LogP) is 2.15. The maximum Gasteiger partial charge on any atom is 0.165 e. The van der Waals surface area contributed by atoms with Crippen LogP contribution in [0.2, 0.25) is 0 Å². The molecule has 10 heavy (non-hydrogen) atoms. The van der Waals surface area contributed by atoms with Crippen molar-refractivity contribution >= 4 is 5.76 Å². The molecule has 0 radical (unpaired) electrons. The van der Waals surface area contributed by atoms with Crippen molar-refractivity contribution in [1.82, 2.24) is 0 Å². The number of hydrogen-bond acceptors (Lipinski definition) is 2. The van der Waals surface area contributed by atoms with Crippen molar-refractivity contribution in [1.29, 1.82) is 0 Å². The molecule has 0 saturated heterocycles. The first-order chi connectivity index (χ1) is 4.84. The van der Waals surface area contributed by atoms with Crippen LogP contribution >= 0.6 is 0 Å². The second-order valence-electron chi connectivity index (χ2n) is 1.88. The van der Waals surface area contributed by atoms with Gasteiger partial charge in [-0.05, 0) is 0 Å². The average Bonchev–Trinajstić information content (AvgIpc) is 2.05. The van der Waals surface area contributed by atoms with Crippen LogP contribution in [0.3, 0.4) is 0 Å². The topological polar surface area (TPSA) is 29.5 Å². The summed E-state index contributed by atoms with van der Waals surface area (Å²) in [5, 5.41) is 8.19. The first-order valence-corrected chi connectivity index (χ1v) is 2.90. The van der Waals surface area contributed by atoms with Gasteiger partial charge in [0.05, 0.1) is 0 Å². The van der Waals surface area contributed by atoms with Gasteiger partial charge in [-0.15, -0.1) is 0 Å². The molecule has 0 atom stereocenters. The van der Waals surface area contributed by atoms with Crippen molar-refractivity contribution in [2.45, 2.75) is 0 Å². The molecule has 0 amide bonds. The number of hydrogen-bond donors (Lipinski definition) is 1. The highest BCUT2D eigenvalue weighted by atomic mass is 17.1. The van der Waals surface area contributed by atoms with Gasteiger partial charge in [0, 0.05) is 5.56 Å². The molecule has 0 heterocycles. The molecule has 1 aromatic carbocycles. The lowest BCUT2D eigenvalue weighted by molar-refractivity contribution is -0.169. The van der Waals surface area contributed by atoms with Crippen LogP contribution in [0.1, 0.15) is 5.56 Å². The van der Waals surface area contributed by atoms with E-state index in [4.69, 9.17) is 5.26 Å². The summed E-state index contributed by atoms with van der Waals surface area (Å²) in [6.07, 6.45) is 0. The molecule has 2 heteroatoms. The Hall–Kier alpha value is -1.28. The first-order valence-electron chi connectivity index (χ1n) is 2.90. The van der Waals surface area contributed by atoms with E-state index >= 15 is 0 Å². The summed E-state index contributed by atoms with van der Waals surface area (Å²) in [5.41, 5.74) is 0.782. The maximum absolute atomic E-state index is 8.19. The molecule has 0 aromatic heterocycles. The van der Waals surface area contributed by atoms with Crippen LogP contribution in [-0.2, 0) is 4.89 Å². The zero-order valence-corrected chi connectivity index (χ0v) is 5.45. The molecule has 1 rings (SSSR count). The monoisotopic (exact) mass is 136 g/mol. The largest absolute Gasteiger partial charge is 0.340 e. The van der Waals surface area contributed by atoms with Gasteiger partial charge in [-0.3, -0.25) is 0 Å². The Morgan fingerprint density at radius 3 is 2.40 bits per heavy atom. The quantitative estimate of drug-likeness (QED) is 0.383. The first kappa shape index (κ1) is 6.83. The lowest BCUT2D eigenvalue weighted by Gasteiger charge is -1.98. The van der Waals surface area contributed by atoms with E-state index in [1.165, 1.54) is 0 Å². The Morgan fingerprint density at radius 2 is 1.90 bits per heavy atom. The molecule has 0 aliphatic rings. The van der Waals surface area contributed by atoms with E-state index < -0.39 is 0 Å². The molecule has 0 bridgehead atoms. The molecule has 1 aromatic rings. The fourth-order valence-electron chi connectivity index (χ4n) is 0.677. The smallest absolute Gasteiger partial charge is 0.165 e. The summed E-state index contributed by atoms with van der Waals surface area (Å²) in [4.78, 5) is 3.94. The Labute approximate surface area is 59.3 Å². The van der Waals surface area contributed by atoms with Crippen LogP contribution in [0.25, 0.3) is 5.76 Å². The lowest BCUT2D eigenvalue weighted by Crippen LogP contribution is -1.83. The maximum atomic E-state index is 8.19. The number of rotatable bonds is 2. The molecule has 0 unspecified atom stereocenters. The van der Waals surface area contributed by atoms with E-state index in [1.807, 2.05) is 18.2 Å². The second-order valence-corrected chi connectivity index (χ2v) is 1.88. The molecular formula is C8H8O2. The van der Waals surface area contributed by atoms with Gasteiger partial charge in [0.15, 0.2) is 5.76 Å². The van der Waals surface area contributed by atoms with Crippen molar-refractivity contribution in [2.24, 2.45) is 0 Å². The van der Waals surface area contributed by atoms with Gasteiger partial charge < -0.3 is 4.89 Å². The van der Waals surface area contributed by atoms with Crippen LogP contribution < -0.4 is 0 Å². The summed E-state index contributed by atoms with van der Waals surface area (Å²) < 4.78 is 0. The minimum atomic E-state index is 0.264. The summed E-state index contributed by atoms with van der Waals surface area (Å²) in [6.45, 7) is 3.47. The van der Waals surface area contributed by atoms with E-state index in [-0.39, 0.29) is 5.76 Å². The zero-order chi connectivity index (χ0) is 7.40. The zero-order valence-electron chi connectivity index (χ0n) is 5.45. The molecular weight excluding hydrogens is 128 g/mol. The van der Waals surface area contributed by atoms with E-state index in [1.54, 1.807) is 12.1 Å². The van der Waals surface area contributed by atoms with Gasteiger partial charge in [0.2, 0.25) is 0 Å². The molecule has 52 valence electrons. The third-order valence-electron chi connectivity index (χ3n) is 1.21. The number of benzene rings is 1. The summed E-state index contributed by atoms with van der Waals surface area (Å²) in [5.74, 6) is 0.264. The van der Waals surface area contributed by atoms with Crippen molar-refractivity contribution in [3.63, 3.8) is 0 Å². The van der Waals surface area contributed by atoms with E-state index in [2.05, 4.69) is 11.5 Å². The molecule has 0 aliphatic heterocycles. The summed E-state index contributed by atoms with van der Waals surface area (Å²) in [6, 6.07) is 9.18. The minimum Gasteiger partial charge on any atom is -0.340 e. The van der Waals surface area contributed by atoms with Crippen LogP contribution in [0.5, 0.6) is 0 Å². The van der Waals surface area contributed by atoms with Crippen LogP contribution in [0, 0.1) is 0 Å². The molecule has 0 fully saturated rings. The van der Waals surface area contributed by atoms with E-state index in [0.29, 0.717) is 0 Å². The van der Waals surface area contributed by atoms with Gasteiger partial charge in [0.25, 0.3) is 0 Å². The minimum absolute atomic E-state index is 0.264.